The van der Waals surface area contributed by atoms with Crippen LogP contribution in [0.2, 0.25) is 0 Å². The Morgan fingerprint density at radius 1 is 0.944 bits per heavy atom. The van der Waals surface area contributed by atoms with Gasteiger partial charge in [-0.25, -0.2) is 4.79 Å². The highest BCUT2D eigenvalue weighted by Gasteiger charge is 2.41. The molecule has 36 heavy (non-hydrogen) atoms. The van der Waals surface area contributed by atoms with Gasteiger partial charge in [0.2, 0.25) is 6.10 Å². The van der Waals surface area contributed by atoms with Gasteiger partial charge >= 0.3 is 11.9 Å². The van der Waals surface area contributed by atoms with E-state index in [1.54, 1.807) is 0 Å². The summed E-state index contributed by atoms with van der Waals surface area (Å²) in [5.41, 5.74) is 1.31. The van der Waals surface area contributed by atoms with Gasteiger partial charge in [-0.2, -0.15) is 0 Å². The van der Waals surface area contributed by atoms with Gasteiger partial charge in [0.25, 0.3) is 0 Å². The molecule has 5 nitrogen and oxygen atoms in total. The van der Waals surface area contributed by atoms with Crippen molar-refractivity contribution in [2.75, 3.05) is 13.6 Å². The number of rotatable bonds is 4. The summed E-state index contributed by atoms with van der Waals surface area (Å²) in [5.74, 6) is 3.51. The van der Waals surface area contributed by atoms with Gasteiger partial charge in [-0.3, -0.25) is 4.79 Å². The van der Waals surface area contributed by atoms with Crippen molar-refractivity contribution in [1.29, 1.82) is 0 Å². The van der Waals surface area contributed by atoms with E-state index in [-0.39, 0.29) is 12.0 Å². The number of hydrogen-bond donors (Lipinski definition) is 0. The first kappa shape index (κ1) is 29.2. The van der Waals surface area contributed by atoms with Gasteiger partial charge in [0.1, 0.15) is 6.10 Å². The maximum absolute atomic E-state index is 13.0. The molecule has 2 aliphatic carbocycles. The number of allylic oxidation sites excluding steroid dienone is 1. The predicted octanol–water partition coefficient (Wildman–Crippen LogP) is 6.65. The fraction of sp³-hybridized carbons (Fsp3) is 0.871. The SMILES string of the molecule is CC(=O)OC(C(=O)O[C@H]1CC[C@H](C)[C@H]2CC[C@@H]3CN(C)[C@@H](C)[C@H]3CC[C@H](C)[C@@H]2C/C=C(\C)C1)C(C)C. The predicted molar refractivity (Wildman–Crippen MR) is 145 cm³/mol. The van der Waals surface area contributed by atoms with Crippen molar-refractivity contribution >= 4 is 11.9 Å². The van der Waals surface area contributed by atoms with E-state index < -0.39 is 18.0 Å². The van der Waals surface area contributed by atoms with Crippen LogP contribution in [0.1, 0.15) is 99.8 Å². The molecule has 0 radical (unpaired) electrons. The first-order valence-electron chi connectivity index (χ1n) is 14.7. The molecule has 1 unspecified atom stereocenters. The van der Waals surface area contributed by atoms with Crippen LogP contribution in [0, 0.1) is 41.4 Å². The van der Waals surface area contributed by atoms with Crippen LogP contribution in [0.15, 0.2) is 11.6 Å². The smallest absolute Gasteiger partial charge is 0.348 e. The standard InChI is InChI=1S/C31H53NO4/c1-19(2)30(35-24(7)33)31(34)36-26-13-10-21(4)28-16-12-25-18-32(8)23(6)29(25)15-11-22(5)27(28)14-9-20(3)17-26/h9,19,21-23,25-30H,10-18H2,1-8H3/b20-9+/t21-,22-,23-,25+,26-,27-,28+,29+,30?/m0/s1. The first-order valence-corrected chi connectivity index (χ1v) is 14.7. The Balaban J connectivity index is 1.75. The molecule has 0 aromatic carbocycles. The van der Waals surface area contributed by atoms with Crippen LogP contribution in [0.4, 0.5) is 0 Å². The Labute approximate surface area is 220 Å². The van der Waals surface area contributed by atoms with Gasteiger partial charge < -0.3 is 14.4 Å². The third-order valence-electron chi connectivity index (χ3n) is 9.93. The van der Waals surface area contributed by atoms with Crippen molar-refractivity contribution in [1.82, 2.24) is 4.90 Å². The molecule has 0 N–H and O–H groups in total. The fourth-order valence-electron chi connectivity index (χ4n) is 7.51. The molecule has 0 bridgehead atoms. The summed E-state index contributed by atoms with van der Waals surface area (Å²) in [7, 11) is 2.31. The summed E-state index contributed by atoms with van der Waals surface area (Å²) in [6.45, 7) is 16.0. The summed E-state index contributed by atoms with van der Waals surface area (Å²) in [6, 6.07) is 0.705. The average molecular weight is 504 g/mol. The van der Waals surface area contributed by atoms with E-state index in [0.717, 1.165) is 49.4 Å². The highest BCUT2D eigenvalue weighted by Crippen LogP contribution is 2.45. The van der Waals surface area contributed by atoms with E-state index in [9.17, 15) is 9.59 Å². The third-order valence-corrected chi connectivity index (χ3v) is 9.93. The average Bonchev–Trinajstić information content (AvgIpc) is 3.10. The third kappa shape index (κ3) is 7.36. The minimum atomic E-state index is -0.834. The van der Waals surface area contributed by atoms with Gasteiger partial charge in [0.05, 0.1) is 0 Å². The summed E-state index contributed by atoms with van der Waals surface area (Å²) in [4.78, 5) is 27.1. The first-order chi connectivity index (χ1) is 17.0. The maximum Gasteiger partial charge on any atom is 0.348 e. The number of likely N-dealkylation sites (tertiary alicyclic amines) is 1. The van der Waals surface area contributed by atoms with Crippen LogP contribution in [0.3, 0.4) is 0 Å². The van der Waals surface area contributed by atoms with Crippen LogP contribution in [-0.4, -0.2) is 48.7 Å². The number of fused-ring (bicyclic) bond motifs is 2. The molecule has 206 valence electrons. The number of esters is 2. The molecule has 0 aromatic heterocycles. The molecular weight excluding hydrogens is 450 g/mol. The number of nitrogens with zero attached hydrogens (tertiary/aromatic N) is 1. The number of carbonyl (C=O) groups excluding carboxylic acids is 2. The van der Waals surface area contributed by atoms with Crippen molar-refractivity contribution in [2.45, 2.75) is 118 Å². The normalized spacial score (nSPS) is 38.9. The monoisotopic (exact) mass is 503 g/mol. The van der Waals surface area contributed by atoms with Crippen molar-refractivity contribution in [3.63, 3.8) is 0 Å². The van der Waals surface area contributed by atoms with Crippen molar-refractivity contribution in [3.05, 3.63) is 11.6 Å². The highest BCUT2D eigenvalue weighted by molar-refractivity contribution is 5.79. The number of hydrogen-bond acceptors (Lipinski definition) is 5. The molecule has 3 rings (SSSR count). The zero-order valence-electron chi connectivity index (χ0n) is 24.3. The Hall–Kier alpha value is -1.36. The Bertz CT molecular complexity index is 777. The van der Waals surface area contributed by atoms with Gasteiger partial charge in [0.15, 0.2) is 0 Å². The second-order valence-electron chi connectivity index (χ2n) is 12.9. The Morgan fingerprint density at radius 2 is 1.58 bits per heavy atom. The molecule has 2 fully saturated rings. The second kappa shape index (κ2) is 12.9. The molecule has 9 atom stereocenters. The lowest BCUT2D eigenvalue weighted by Gasteiger charge is -2.37. The van der Waals surface area contributed by atoms with Gasteiger partial charge in [-0.1, -0.05) is 45.8 Å². The molecule has 3 aliphatic rings. The van der Waals surface area contributed by atoms with Crippen LogP contribution in [0.25, 0.3) is 0 Å². The molecule has 0 amide bonds. The van der Waals surface area contributed by atoms with E-state index >= 15 is 0 Å². The van der Waals surface area contributed by atoms with Gasteiger partial charge in [0, 0.05) is 31.8 Å². The highest BCUT2D eigenvalue weighted by atomic mass is 16.6. The second-order valence-corrected chi connectivity index (χ2v) is 12.9. The van der Waals surface area contributed by atoms with E-state index in [1.165, 1.54) is 44.7 Å². The maximum atomic E-state index is 13.0. The molecule has 1 aliphatic heterocycles. The fourth-order valence-corrected chi connectivity index (χ4v) is 7.51. The molecule has 1 saturated heterocycles. The quantitative estimate of drug-likeness (QED) is 0.317. The number of ether oxygens (including phenoxy) is 2. The van der Waals surface area contributed by atoms with Gasteiger partial charge in [-0.15, -0.1) is 0 Å². The lowest BCUT2D eigenvalue weighted by Crippen LogP contribution is -2.36. The Kier molecular flexibility index (Phi) is 10.5. The van der Waals surface area contributed by atoms with Crippen LogP contribution in [0.5, 0.6) is 0 Å². The van der Waals surface area contributed by atoms with E-state index in [2.05, 4.69) is 45.7 Å². The topological polar surface area (TPSA) is 55.8 Å². The summed E-state index contributed by atoms with van der Waals surface area (Å²) in [6.07, 6.45) is 10.7. The zero-order valence-corrected chi connectivity index (χ0v) is 24.3. The number of carbonyl (C=O) groups is 2. The van der Waals surface area contributed by atoms with E-state index in [4.69, 9.17) is 9.47 Å². The minimum Gasteiger partial charge on any atom is -0.459 e. The lowest BCUT2D eigenvalue weighted by atomic mass is 9.69. The molecule has 0 spiro atoms. The van der Waals surface area contributed by atoms with Gasteiger partial charge in [-0.05, 0) is 94.9 Å². The largest absolute Gasteiger partial charge is 0.459 e. The summed E-state index contributed by atoms with van der Waals surface area (Å²) >= 11 is 0. The van der Waals surface area contributed by atoms with Crippen LogP contribution in [-0.2, 0) is 19.1 Å². The summed E-state index contributed by atoms with van der Waals surface area (Å²) in [5, 5.41) is 0. The van der Waals surface area contributed by atoms with Crippen molar-refractivity contribution in [3.8, 4) is 0 Å². The van der Waals surface area contributed by atoms with Crippen LogP contribution < -0.4 is 0 Å². The molecule has 0 aromatic rings. The minimum absolute atomic E-state index is 0.112. The molecule has 5 heteroatoms. The Morgan fingerprint density at radius 3 is 2.25 bits per heavy atom. The van der Waals surface area contributed by atoms with Crippen LogP contribution >= 0.6 is 0 Å². The zero-order chi connectivity index (χ0) is 26.6. The van der Waals surface area contributed by atoms with E-state index in [1.807, 2.05) is 13.8 Å². The molecule has 1 saturated carbocycles. The van der Waals surface area contributed by atoms with E-state index in [0.29, 0.717) is 17.9 Å². The molecular formula is C31H53NO4. The van der Waals surface area contributed by atoms with Crippen molar-refractivity contribution in [2.24, 2.45) is 41.4 Å². The lowest BCUT2D eigenvalue weighted by molar-refractivity contribution is -0.174. The summed E-state index contributed by atoms with van der Waals surface area (Å²) < 4.78 is 11.3. The van der Waals surface area contributed by atoms with Crippen molar-refractivity contribution < 1.29 is 19.1 Å². The molecule has 1 heterocycles.